The van der Waals surface area contributed by atoms with Gasteiger partial charge in [-0.25, -0.2) is 0 Å². The number of ether oxygens (including phenoxy) is 1. The standard InChI is InChI=1S/C14H18F3NO4/c1-9(19)18-7-6-12(20)13(21)10-2-4-11(5-3-10)22-8-14(15,16)17/h2-5,12-13,20-21H,6-8H2,1H3,(H,18,19). The van der Waals surface area contributed by atoms with Crippen LogP contribution in [0.3, 0.4) is 0 Å². The van der Waals surface area contributed by atoms with E-state index in [1.165, 1.54) is 31.2 Å². The summed E-state index contributed by atoms with van der Waals surface area (Å²) in [4.78, 5) is 10.7. The molecule has 0 saturated carbocycles. The highest BCUT2D eigenvalue weighted by atomic mass is 19.4. The molecule has 0 radical (unpaired) electrons. The number of amides is 1. The average Bonchev–Trinajstić information content (AvgIpc) is 2.43. The Labute approximate surface area is 125 Å². The molecule has 1 aromatic carbocycles. The number of nitrogens with one attached hydrogen (secondary N) is 1. The lowest BCUT2D eigenvalue weighted by Gasteiger charge is -2.18. The SMILES string of the molecule is CC(=O)NCCC(O)C(O)c1ccc(OCC(F)(F)F)cc1. The summed E-state index contributed by atoms with van der Waals surface area (Å²) in [6, 6.07) is 5.31. The number of aliphatic hydroxyl groups excluding tert-OH is 2. The van der Waals surface area contributed by atoms with E-state index in [1.807, 2.05) is 0 Å². The minimum Gasteiger partial charge on any atom is -0.484 e. The van der Waals surface area contributed by atoms with Gasteiger partial charge < -0.3 is 20.3 Å². The lowest BCUT2D eigenvalue weighted by molar-refractivity contribution is -0.153. The van der Waals surface area contributed by atoms with Crippen molar-refractivity contribution in [1.82, 2.24) is 5.32 Å². The van der Waals surface area contributed by atoms with Crippen LogP contribution in [0.25, 0.3) is 0 Å². The van der Waals surface area contributed by atoms with Gasteiger partial charge in [-0.1, -0.05) is 12.1 Å². The van der Waals surface area contributed by atoms with E-state index in [-0.39, 0.29) is 24.6 Å². The van der Waals surface area contributed by atoms with Crippen LogP contribution in [0.1, 0.15) is 25.0 Å². The topological polar surface area (TPSA) is 78.8 Å². The number of alkyl halides is 3. The van der Waals surface area contributed by atoms with Crippen molar-refractivity contribution in [2.75, 3.05) is 13.2 Å². The van der Waals surface area contributed by atoms with Crippen molar-refractivity contribution in [1.29, 1.82) is 0 Å². The molecule has 1 rings (SSSR count). The van der Waals surface area contributed by atoms with E-state index < -0.39 is 25.0 Å². The lowest BCUT2D eigenvalue weighted by Crippen LogP contribution is -2.27. The third-order valence-corrected chi connectivity index (χ3v) is 2.80. The number of hydrogen-bond acceptors (Lipinski definition) is 4. The fraction of sp³-hybridized carbons (Fsp3) is 0.500. The molecule has 1 amide bonds. The maximum Gasteiger partial charge on any atom is 0.422 e. The molecule has 0 saturated heterocycles. The molecule has 0 bridgehead atoms. The zero-order valence-electron chi connectivity index (χ0n) is 11.9. The van der Waals surface area contributed by atoms with Crippen molar-refractivity contribution in [3.05, 3.63) is 29.8 Å². The number of hydrogen-bond donors (Lipinski definition) is 3. The Hall–Kier alpha value is -1.80. The Balaban J connectivity index is 2.52. The van der Waals surface area contributed by atoms with Gasteiger partial charge in [0.05, 0.1) is 6.10 Å². The minimum atomic E-state index is -4.42. The highest BCUT2D eigenvalue weighted by Gasteiger charge is 2.28. The Bertz CT molecular complexity index is 476. The number of halogens is 3. The molecule has 8 heteroatoms. The fourth-order valence-electron chi connectivity index (χ4n) is 1.70. The molecule has 1 aromatic rings. The molecule has 2 unspecified atom stereocenters. The highest BCUT2D eigenvalue weighted by Crippen LogP contribution is 2.23. The molecule has 2 atom stereocenters. The summed E-state index contributed by atoms with van der Waals surface area (Å²) in [7, 11) is 0. The Morgan fingerprint density at radius 3 is 2.36 bits per heavy atom. The monoisotopic (exact) mass is 321 g/mol. The summed E-state index contributed by atoms with van der Waals surface area (Å²) in [5.41, 5.74) is 0.342. The van der Waals surface area contributed by atoms with Gasteiger partial charge in [0.25, 0.3) is 0 Å². The summed E-state index contributed by atoms with van der Waals surface area (Å²) >= 11 is 0. The smallest absolute Gasteiger partial charge is 0.422 e. The van der Waals surface area contributed by atoms with Gasteiger partial charge in [0.1, 0.15) is 11.9 Å². The lowest BCUT2D eigenvalue weighted by atomic mass is 10.0. The van der Waals surface area contributed by atoms with Crippen LogP contribution in [0.15, 0.2) is 24.3 Å². The van der Waals surface area contributed by atoms with Crippen LogP contribution in [-0.4, -0.2) is 41.6 Å². The molecular weight excluding hydrogens is 303 g/mol. The van der Waals surface area contributed by atoms with Crippen LogP contribution < -0.4 is 10.1 Å². The zero-order valence-corrected chi connectivity index (χ0v) is 11.9. The molecule has 0 heterocycles. The van der Waals surface area contributed by atoms with Crippen LogP contribution in [-0.2, 0) is 4.79 Å². The van der Waals surface area contributed by atoms with Gasteiger partial charge in [-0.05, 0) is 24.1 Å². The van der Waals surface area contributed by atoms with Crippen molar-refractivity contribution in [2.45, 2.75) is 31.7 Å². The molecule has 0 aromatic heterocycles. The summed E-state index contributed by atoms with van der Waals surface area (Å²) in [6.45, 7) is 0.150. The number of rotatable bonds is 7. The van der Waals surface area contributed by atoms with E-state index in [9.17, 15) is 28.2 Å². The van der Waals surface area contributed by atoms with Gasteiger partial charge in [-0.15, -0.1) is 0 Å². The first kappa shape index (κ1) is 18.2. The molecule has 3 N–H and O–H groups in total. The summed E-state index contributed by atoms with van der Waals surface area (Å²) in [5.74, 6) is -0.228. The maximum absolute atomic E-state index is 12.0. The largest absolute Gasteiger partial charge is 0.484 e. The van der Waals surface area contributed by atoms with Gasteiger partial charge in [0, 0.05) is 13.5 Å². The number of carbonyl (C=O) groups excluding carboxylic acids is 1. The van der Waals surface area contributed by atoms with E-state index in [0.717, 1.165) is 0 Å². The first-order valence-electron chi connectivity index (χ1n) is 6.59. The zero-order chi connectivity index (χ0) is 16.8. The third kappa shape index (κ3) is 6.77. The Morgan fingerprint density at radius 1 is 1.27 bits per heavy atom. The van der Waals surface area contributed by atoms with E-state index in [2.05, 4.69) is 10.1 Å². The molecule has 5 nitrogen and oxygen atoms in total. The number of benzene rings is 1. The van der Waals surface area contributed by atoms with Gasteiger partial charge in [-0.2, -0.15) is 13.2 Å². The second-order valence-electron chi connectivity index (χ2n) is 4.76. The van der Waals surface area contributed by atoms with Gasteiger partial charge in [0.15, 0.2) is 6.61 Å². The van der Waals surface area contributed by atoms with E-state index in [4.69, 9.17) is 0 Å². The molecule has 0 aliphatic rings. The highest BCUT2D eigenvalue weighted by molar-refractivity contribution is 5.72. The summed E-state index contributed by atoms with van der Waals surface area (Å²) in [5, 5.41) is 22.2. The minimum absolute atomic E-state index is 0.0148. The normalized spacial score (nSPS) is 14.3. The first-order valence-corrected chi connectivity index (χ1v) is 6.59. The van der Waals surface area contributed by atoms with Crippen molar-refractivity contribution >= 4 is 5.91 Å². The van der Waals surface area contributed by atoms with Gasteiger partial charge in [-0.3, -0.25) is 4.79 Å². The Morgan fingerprint density at radius 2 is 1.86 bits per heavy atom. The third-order valence-electron chi connectivity index (χ3n) is 2.80. The van der Waals surface area contributed by atoms with Crippen LogP contribution in [0, 0.1) is 0 Å². The molecule has 0 fully saturated rings. The fourth-order valence-corrected chi connectivity index (χ4v) is 1.70. The predicted octanol–water partition coefficient (Wildman–Crippen LogP) is 1.55. The second-order valence-corrected chi connectivity index (χ2v) is 4.76. The van der Waals surface area contributed by atoms with E-state index in [0.29, 0.717) is 5.56 Å². The Kier molecular flexibility index (Phi) is 6.63. The van der Waals surface area contributed by atoms with Crippen molar-refractivity contribution in [2.24, 2.45) is 0 Å². The molecule has 0 spiro atoms. The average molecular weight is 321 g/mol. The molecule has 22 heavy (non-hydrogen) atoms. The van der Waals surface area contributed by atoms with Gasteiger partial charge >= 0.3 is 6.18 Å². The van der Waals surface area contributed by atoms with Crippen molar-refractivity contribution in [3.63, 3.8) is 0 Å². The molecule has 0 aliphatic carbocycles. The number of carbonyl (C=O) groups is 1. The maximum atomic E-state index is 12.0. The molecule has 124 valence electrons. The van der Waals surface area contributed by atoms with Gasteiger partial charge in [0.2, 0.25) is 5.91 Å². The van der Waals surface area contributed by atoms with Crippen LogP contribution in [0.5, 0.6) is 5.75 Å². The van der Waals surface area contributed by atoms with E-state index >= 15 is 0 Å². The van der Waals surface area contributed by atoms with Crippen LogP contribution in [0.2, 0.25) is 0 Å². The van der Waals surface area contributed by atoms with Crippen LogP contribution >= 0.6 is 0 Å². The van der Waals surface area contributed by atoms with E-state index in [1.54, 1.807) is 0 Å². The quantitative estimate of drug-likeness (QED) is 0.712. The summed E-state index contributed by atoms with van der Waals surface area (Å²) in [6.07, 6.45) is -6.58. The predicted molar refractivity (Wildman–Crippen MR) is 72.3 cm³/mol. The molecule has 0 aliphatic heterocycles. The first-order chi connectivity index (χ1) is 10.2. The summed E-state index contributed by atoms with van der Waals surface area (Å²) < 4.78 is 40.5. The molecular formula is C14H18F3NO4. The van der Waals surface area contributed by atoms with Crippen molar-refractivity contribution in [3.8, 4) is 5.75 Å². The second kappa shape index (κ2) is 8.00. The number of aliphatic hydroxyl groups is 2. The van der Waals surface area contributed by atoms with Crippen LogP contribution in [0.4, 0.5) is 13.2 Å². The van der Waals surface area contributed by atoms with Crippen molar-refractivity contribution < 1.29 is 32.9 Å².